The van der Waals surface area contributed by atoms with Gasteiger partial charge in [-0.05, 0) is 20.3 Å². The summed E-state index contributed by atoms with van der Waals surface area (Å²) in [6.07, 6.45) is 14.9. The summed E-state index contributed by atoms with van der Waals surface area (Å²) in [7, 11) is 0. The fourth-order valence-electron chi connectivity index (χ4n) is 2.98. The molecule has 4 heteroatoms. The molecule has 0 atom stereocenters. The molecule has 0 saturated carbocycles. The van der Waals surface area contributed by atoms with Crippen LogP contribution < -0.4 is 5.32 Å². The largest absolute Gasteiger partial charge is 0.633 e. The summed E-state index contributed by atoms with van der Waals surface area (Å²) < 4.78 is -0.210. The Bertz CT molecular complexity index is 291. The smallest absolute Gasteiger partial charge is 0.220 e. The van der Waals surface area contributed by atoms with Crippen molar-refractivity contribution in [2.75, 3.05) is 26.2 Å². The quantitative estimate of drug-likeness (QED) is 0.225. The first kappa shape index (κ1) is 23.4. The van der Waals surface area contributed by atoms with Crippen LogP contribution in [0.25, 0.3) is 0 Å². The first-order chi connectivity index (χ1) is 11.6. The second-order valence-electron chi connectivity index (χ2n) is 7.05. The molecular formula is C20H42N2O2. The molecule has 0 rings (SSSR count). The molecule has 144 valence electrons. The van der Waals surface area contributed by atoms with Gasteiger partial charge in [0.15, 0.2) is 0 Å². The number of carbonyl (C=O) groups is 1. The first-order valence-electron chi connectivity index (χ1n) is 10.4. The number of hydroxylamine groups is 3. The molecule has 0 fully saturated rings. The lowest BCUT2D eigenvalue weighted by atomic mass is 10.1. The van der Waals surface area contributed by atoms with Gasteiger partial charge in [0.05, 0.1) is 26.2 Å². The highest BCUT2D eigenvalue weighted by atomic mass is 16.5. The van der Waals surface area contributed by atoms with E-state index < -0.39 is 0 Å². The van der Waals surface area contributed by atoms with E-state index in [0.29, 0.717) is 32.6 Å². The van der Waals surface area contributed by atoms with Gasteiger partial charge in [-0.3, -0.25) is 4.79 Å². The van der Waals surface area contributed by atoms with Crippen molar-refractivity contribution in [1.29, 1.82) is 0 Å². The van der Waals surface area contributed by atoms with E-state index in [4.69, 9.17) is 0 Å². The lowest BCUT2D eigenvalue weighted by Crippen LogP contribution is -2.46. The highest BCUT2D eigenvalue weighted by molar-refractivity contribution is 5.75. The average molecular weight is 343 g/mol. The van der Waals surface area contributed by atoms with Crippen molar-refractivity contribution in [2.45, 2.75) is 97.8 Å². The van der Waals surface area contributed by atoms with E-state index in [-0.39, 0.29) is 10.6 Å². The fraction of sp³-hybridized carbons (Fsp3) is 0.950. The third-order valence-electron chi connectivity index (χ3n) is 5.00. The minimum absolute atomic E-state index is 0.102. The summed E-state index contributed by atoms with van der Waals surface area (Å²) in [6, 6.07) is 0. The number of nitrogens with zero attached hydrogens (tertiary/aromatic N) is 1. The monoisotopic (exact) mass is 342 g/mol. The maximum atomic E-state index is 12.1. The molecule has 0 aliphatic carbocycles. The predicted octanol–water partition coefficient (Wildman–Crippen LogP) is 5.16. The standard InChI is InChI=1S/C20H42N2O2/c1-4-7-8-9-10-11-12-13-14-15-16-17-20(23)21-18-19-22(24,5-2)6-3/h4-19H2,1-3H3,(H,21,23). The van der Waals surface area contributed by atoms with Crippen LogP contribution in [-0.4, -0.2) is 36.7 Å². The molecule has 0 bridgehead atoms. The predicted molar refractivity (Wildman–Crippen MR) is 104 cm³/mol. The molecule has 0 aromatic rings. The molecule has 1 N–H and O–H groups in total. The second-order valence-corrected chi connectivity index (χ2v) is 7.05. The lowest BCUT2D eigenvalue weighted by Gasteiger charge is -2.41. The van der Waals surface area contributed by atoms with Gasteiger partial charge < -0.3 is 15.2 Å². The molecule has 0 spiro atoms. The first-order valence-corrected chi connectivity index (χ1v) is 10.4. The molecule has 0 aromatic heterocycles. The summed E-state index contributed by atoms with van der Waals surface area (Å²) in [5.74, 6) is 0.102. The molecule has 0 aliphatic rings. The Hall–Kier alpha value is -0.610. The average Bonchev–Trinajstić information content (AvgIpc) is 2.59. The van der Waals surface area contributed by atoms with Crippen molar-refractivity contribution in [3.05, 3.63) is 5.21 Å². The Kier molecular flexibility index (Phi) is 15.5. The number of nitrogens with one attached hydrogen (secondary N) is 1. The van der Waals surface area contributed by atoms with Gasteiger partial charge in [0, 0.05) is 6.42 Å². The number of hydrogen-bond acceptors (Lipinski definition) is 2. The van der Waals surface area contributed by atoms with Crippen molar-refractivity contribution < 1.29 is 9.44 Å². The molecule has 0 heterocycles. The van der Waals surface area contributed by atoms with Crippen molar-refractivity contribution in [2.24, 2.45) is 0 Å². The molecular weight excluding hydrogens is 300 g/mol. The highest BCUT2D eigenvalue weighted by Crippen LogP contribution is 2.11. The van der Waals surface area contributed by atoms with Crippen LogP contribution in [0.4, 0.5) is 0 Å². The van der Waals surface area contributed by atoms with E-state index in [2.05, 4.69) is 12.2 Å². The van der Waals surface area contributed by atoms with Gasteiger partial charge in [0.2, 0.25) is 5.91 Å². The molecule has 0 aliphatic heterocycles. The Labute approximate surface area is 150 Å². The van der Waals surface area contributed by atoms with Gasteiger partial charge in [-0.25, -0.2) is 0 Å². The van der Waals surface area contributed by atoms with Crippen LogP contribution in [0.2, 0.25) is 0 Å². The maximum Gasteiger partial charge on any atom is 0.220 e. The zero-order valence-electron chi connectivity index (χ0n) is 16.6. The van der Waals surface area contributed by atoms with Crippen LogP contribution in [0.15, 0.2) is 0 Å². The van der Waals surface area contributed by atoms with Crippen molar-refractivity contribution >= 4 is 5.91 Å². The SMILES string of the molecule is CCCCCCCCCCCCCC(=O)NCC[N+]([O-])(CC)CC. The fourth-order valence-corrected chi connectivity index (χ4v) is 2.98. The number of rotatable bonds is 17. The van der Waals surface area contributed by atoms with Crippen LogP contribution in [0.1, 0.15) is 97.8 Å². The van der Waals surface area contributed by atoms with E-state index >= 15 is 0 Å². The van der Waals surface area contributed by atoms with Crippen molar-refractivity contribution in [3.8, 4) is 0 Å². The van der Waals surface area contributed by atoms with E-state index in [9.17, 15) is 10.0 Å². The number of likely N-dealkylation sites (N-methyl/N-ethyl adjacent to an activating group) is 1. The summed E-state index contributed by atoms with van der Waals surface area (Å²) in [5.41, 5.74) is 0. The van der Waals surface area contributed by atoms with Crippen LogP contribution >= 0.6 is 0 Å². The summed E-state index contributed by atoms with van der Waals surface area (Å²) in [6.45, 7) is 8.20. The lowest BCUT2D eigenvalue weighted by molar-refractivity contribution is -0.875. The molecule has 1 amide bonds. The molecule has 4 nitrogen and oxygen atoms in total. The second kappa shape index (κ2) is 15.9. The number of unbranched alkanes of at least 4 members (excludes halogenated alkanes) is 10. The van der Waals surface area contributed by atoms with E-state index in [0.717, 1.165) is 12.8 Å². The minimum Gasteiger partial charge on any atom is -0.633 e. The maximum absolute atomic E-state index is 12.1. The molecule has 24 heavy (non-hydrogen) atoms. The van der Waals surface area contributed by atoms with Crippen molar-refractivity contribution in [1.82, 2.24) is 5.32 Å². The van der Waals surface area contributed by atoms with Gasteiger partial charge in [0.1, 0.15) is 0 Å². The Morgan fingerprint density at radius 3 is 1.71 bits per heavy atom. The third-order valence-corrected chi connectivity index (χ3v) is 5.00. The minimum atomic E-state index is -0.210. The summed E-state index contributed by atoms with van der Waals surface area (Å²) >= 11 is 0. The molecule has 0 unspecified atom stereocenters. The molecule has 0 aromatic carbocycles. The van der Waals surface area contributed by atoms with Crippen LogP contribution in [0.5, 0.6) is 0 Å². The van der Waals surface area contributed by atoms with Crippen LogP contribution in [0.3, 0.4) is 0 Å². The van der Waals surface area contributed by atoms with Gasteiger partial charge in [-0.15, -0.1) is 0 Å². The number of amides is 1. The molecule has 0 saturated heterocycles. The van der Waals surface area contributed by atoms with Gasteiger partial charge in [-0.2, -0.15) is 0 Å². The summed E-state index contributed by atoms with van der Waals surface area (Å²) in [5, 5.41) is 15.0. The number of quaternary nitrogens is 1. The van der Waals surface area contributed by atoms with Gasteiger partial charge >= 0.3 is 0 Å². The van der Waals surface area contributed by atoms with Crippen LogP contribution in [0, 0.1) is 5.21 Å². The van der Waals surface area contributed by atoms with Crippen LogP contribution in [-0.2, 0) is 4.79 Å². The zero-order chi connectivity index (χ0) is 18.1. The molecule has 0 radical (unpaired) electrons. The van der Waals surface area contributed by atoms with E-state index in [1.807, 2.05) is 13.8 Å². The highest BCUT2D eigenvalue weighted by Gasteiger charge is 2.11. The van der Waals surface area contributed by atoms with E-state index in [1.54, 1.807) is 0 Å². The Morgan fingerprint density at radius 2 is 1.25 bits per heavy atom. The summed E-state index contributed by atoms with van der Waals surface area (Å²) in [4.78, 5) is 11.7. The normalized spacial score (nSPS) is 11.7. The van der Waals surface area contributed by atoms with Gasteiger partial charge in [-0.1, -0.05) is 71.1 Å². The third kappa shape index (κ3) is 13.8. The van der Waals surface area contributed by atoms with Crippen molar-refractivity contribution in [3.63, 3.8) is 0 Å². The zero-order valence-corrected chi connectivity index (χ0v) is 16.6. The topological polar surface area (TPSA) is 52.2 Å². The van der Waals surface area contributed by atoms with Gasteiger partial charge in [0.25, 0.3) is 0 Å². The number of carbonyl (C=O) groups excluding carboxylic acids is 1. The van der Waals surface area contributed by atoms with E-state index in [1.165, 1.54) is 57.8 Å². The Morgan fingerprint density at radius 1 is 0.792 bits per heavy atom. The Balaban J connectivity index is 3.35. The number of hydrogen-bond donors (Lipinski definition) is 1.